The van der Waals surface area contributed by atoms with E-state index in [9.17, 15) is 4.79 Å². The number of amides is 1. The van der Waals surface area contributed by atoms with Gasteiger partial charge in [-0.3, -0.25) is 4.90 Å². The Kier molecular flexibility index (Phi) is 4.31. The van der Waals surface area contributed by atoms with Crippen LogP contribution in [-0.2, 0) is 4.74 Å². The van der Waals surface area contributed by atoms with E-state index in [1.54, 1.807) is 11.0 Å². The van der Waals surface area contributed by atoms with Gasteiger partial charge in [0.15, 0.2) is 0 Å². The smallest absolute Gasteiger partial charge is 0.410 e. The number of hydrogen-bond donors (Lipinski definition) is 1. The molecule has 0 spiro atoms. The van der Waals surface area contributed by atoms with Crippen LogP contribution in [0.2, 0.25) is 0 Å². The number of nitrogens with one attached hydrogen (secondary N) is 1. The van der Waals surface area contributed by atoms with E-state index in [1.165, 1.54) is 0 Å². The molecule has 0 radical (unpaired) electrons. The van der Waals surface area contributed by atoms with Gasteiger partial charge in [-0.1, -0.05) is 18.2 Å². The predicted octanol–water partition coefficient (Wildman–Crippen LogP) is 2.96. The third-order valence-corrected chi connectivity index (χ3v) is 5.31. The molecule has 1 unspecified atom stereocenters. The molecule has 8 heteroatoms. The number of anilines is 3. The Balaban J connectivity index is 1.34. The van der Waals surface area contributed by atoms with Crippen molar-refractivity contribution in [2.75, 3.05) is 36.5 Å². The lowest BCUT2D eigenvalue weighted by Crippen LogP contribution is -2.52. The topological polar surface area (TPSA) is 75.5 Å². The van der Waals surface area contributed by atoms with Crippen LogP contribution in [0.5, 0.6) is 0 Å². The number of aromatic nitrogens is 3. The number of para-hydroxylation sites is 1. The van der Waals surface area contributed by atoms with E-state index in [-0.39, 0.29) is 12.1 Å². The molecule has 2 aliphatic rings. The molecule has 3 heterocycles. The van der Waals surface area contributed by atoms with Gasteiger partial charge in [0.2, 0.25) is 5.95 Å². The van der Waals surface area contributed by atoms with Gasteiger partial charge in [0.25, 0.3) is 0 Å². The minimum atomic E-state index is -0.193. The molecule has 5 rings (SSSR count). The summed E-state index contributed by atoms with van der Waals surface area (Å²) in [7, 11) is 0. The number of aryl methyl sites for hydroxylation is 1. The highest BCUT2D eigenvalue weighted by atomic mass is 16.6. The maximum atomic E-state index is 11.7. The fraction of sp³-hybridized carbons (Fsp3) is 0.286. The van der Waals surface area contributed by atoms with Crippen LogP contribution in [0, 0.1) is 6.92 Å². The van der Waals surface area contributed by atoms with Crippen LogP contribution in [0.25, 0.3) is 5.69 Å². The van der Waals surface area contributed by atoms with Crippen molar-refractivity contribution in [1.82, 2.24) is 19.7 Å². The zero-order chi connectivity index (χ0) is 19.8. The summed E-state index contributed by atoms with van der Waals surface area (Å²) in [5.74, 6) is 0.546. The Labute approximate surface area is 168 Å². The van der Waals surface area contributed by atoms with E-state index < -0.39 is 0 Å². The first-order valence-corrected chi connectivity index (χ1v) is 9.70. The van der Waals surface area contributed by atoms with Crippen molar-refractivity contribution in [2.45, 2.75) is 13.0 Å². The van der Waals surface area contributed by atoms with Crippen LogP contribution in [0.15, 0.2) is 54.9 Å². The summed E-state index contributed by atoms with van der Waals surface area (Å²) >= 11 is 0. The summed E-state index contributed by atoms with van der Waals surface area (Å²) in [5.41, 5.74) is 4.17. The average molecular weight is 390 g/mol. The van der Waals surface area contributed by atoms with Gasteiger partial charge in [0.05, 0.1) is 11.7 Å². The van der Waals surface area contributed by atoms with Crippen molar-refractivity contribution in [3.8, 4) is 5.69 Å². The molecule has 8 nitrogen and oxygen atoms in total. The zero-order valence-corrected chi connectivity index (χ0v) is 16.2. The molecule has 148 valence electrons. The fourth-order valence-corrected chi connectivity index (χ4v) is 3.90. The van der Waals surface area contributed by atoms with Gasteiger partial charge < -0.3 is 15.0 Å². The van der Waals surface area contributed by atoms with Gasteiger partial charge in [-0.15, -0.1) is 5.10 Å². The van der Waals surface area contributed by atoms with E-state index in [0.29, 0.717) is 19.1 Å². The molecule has 1 aromatic heterocycles. The van der Waals surface area contributed by atoms with Gasteiger partial charge >= 0.3 is 6.09 Å². The molecule has 2 aromatic carbocycles. The van der Waals surface area contributed by atoms with Gasteiger partial charge in [-0.25, -0.2) is 9.48 Å². The number of carbonyl (C=O) groups excluding carboxylic acids is 1. The van der Waals surface area contributed by atoms with Crippen molar-refractivity contribution >= 4 is 23.4 Å². The minimum Gasteiger partial charge on any atom is -0.447 e. The average Bonchev–Trinajstić information content (AvgIpc) is 3.35. The Morgan fingerprint density at radius 2 is 1.97 bits per heavy atom. The molecule has 2 saturated heterocycles. The number of benzene rings is 2. The number of carbonyl (C=O) groups is 1. The summed E-state index contributed by atoms with van der Waals surface area (Å²) in [5, 5.41) is 7.83. The van der Waals surface area contributed by atoms with E-state index >= 15 is 0 Å². The van der Waals surface area contributed by atoms with Gasteiger partial charge in [-0.2, -0.15) is 4.98 Å². The molecule has 1 N–H and O–H groups in total. The van der Waals surface area contributed by atoms with E-state index in [1.807, 2.05) is 35.2 Å². The first kappa shape index (κ1) is 17.5. The van der Waals surface area contributed by atoms with Crippen molar-refractivity contribution in [1.29, 1.82) is 0 Å². The van der Waals surface area contributed by atoms with Crippen LogP contribution < -0.4 is 10.2 Å². The van der Waals surface area contributed by atoms with Crippen LogP contribution >= 0.6 is 0 Å². The highest BCUT2D eigenvalue weighted by Crippen LogP contribution is 2.27. The highest BCUT2D eigenvalue weighted by Gasteiger charge is 2.37. The molecule has 2 aliphatic heterocycles. The molecular formula is C21H22N6O2. The number of hydrogen-bond acceptors (Lipinski definition) is 6. The van der Waals surface area contributed by atoms with E-state index in [0.717, 1.165) is 35.7 Å². The standard InChI is InChI=1S/C21H22N6O2/c1-15-9-16(23-20-22-14-27(24-20)17-5-3-2-4-6-17)11-18(10-15)25-7-8-26-19(12-25)13-29-21(26)28/h2-6,9-11,14,19H,7-8,12-13H2,1H3,(H,23,24). The van der Waals surface area contributed by atoms with E-state index in [2.05, 4.69) is 45.4 Å². The SMILES string of the molecule is Cc1cc(Nc2ncn(-c3ccccc3)n2)cc(N2CCN3C(=O)OCC3C2)c1. The number of nitrogens with zero attached hydrogens (tertiary/aromatic N) is 5. The maximum absolute atomic E-state index is 11.7. The Morgan fingerprint density at radius 3 is 2.83 bits per heavy atom. The van der Waals surface area contributed by atoms with Gasteiger partial charge in [-0.05, 0) is 42.8 Å². The first-order valence-electron chi connectivity index (χ1n) is 9.70. The molecule has 1 atom stereocenters. The summed E-state index contributed by atoms with van der Waals surface area (Å²) in [4.78, 5) is 20.2. The molecule has 2 fully saturated rings. The lowest BCUT2D eigenvalue weighted by molar-refractivity contribution is 0.157. The van der Waals surface area contributed by atoms with Crippen molar-refractivity contribution in [2.24, 2.45) is 0 Å². The summed E-state index contributed by atoms with van der Waals surface area (Å²) in [6, 6.07) is 16.3. The normalized spacial score (nSPS) is 18.5. The largest absolute Gasteiger partial charge is 0.447 e. The molecule has 0 aliphatic carbocycles. The third kappa shape index (κ3) is 3.49. The number of rotatable bonds is 4. The number of piperazine rings is 1. The number of fused-ring (bicyclic) bond motifs is 1. The number of ether oxygens (including phenoxy) is 1. The van der Waals surface area contributed by atoms with Crippen LogP contribution in [0.4, 0.5) is 22.1 Å². The quantitative estimate of drug-likeness (QED) is 0.738. The van der Waals surface area contributed by atoms with Crippen molar-refractivity contribution < 1.29 is 9.53 Å². The summed E-state index contributed by atoms with van der Waals surface area (Å²) in [6.07, 6.45) is 1.51. The predicted molar refractivity (Wildman–Crippen MR) is 110 cm³/mol. The first-order chi connectivity index (χ1) is 14.2. The zero-order valence-electron chi connectivity index (χ0n) is 16.2. The van der Waals surface area contributed by atoms with Crippen LogP contribution in [-0.4, -0.2) is 58.0 Å². The van der Waals surface area contributed by atoms with Crippen molar-refractivity contribution in [3.05, 3.63) is 60.4 Å². The minimum absolute atomic E-state index is 0.122. The summed E-state index contributed by atoms with van der Waals surface area (Å²) in [6.45, 7) is 4.78. The highest BCUT2D eigenvalue weighted by molar-refractivity contribution is 5.71. The van der Waals surface area contributed by atoms with E-state index in [4.69, 9.17) is 4.74 Å². The summed E-state index contributed by atoms with van der Waals surface area (Å²) < 4.78 is 6.92. The maximum Gasteiger partial charge on any atom is 0.410 e. The Morgan fingerprint density at radius 1 is 1.10 bits per heavy atom. The molecule has 1 amide bonds. The van der Waals surface area contributed by atoms with Crippen molar-refractivity contribution in [3.63, 3.8) is 0 Å². The second kappa shape index (κ2) is 7.12. The molecule has 3 aromatic rings. The lowest BCUT2D eigenvalue weighted by atomic mass is 10.1. The fourth-order valence-electron chi connectivity index (χ4n) is 3.90. The van der Waals surface area contributed by atoms with Gasteiger partial charge in [0.1, 0.15) is 12.9 Å². The number of cyclic esters (lactones) is 1. The molecule has 29 heavy (non-hydrogen) atoms. The second-order valence-corrected chi connectivity index (χ2v) is 7.40. The van der Waals surface area contributed by atoms with Gasteiger partial charge in [0, 0.05) is 31.0 Å². The Bertz CT molecular complexity index is 1030. The molecule has 0 saturated carbocycles. The van der Waals surface area contributed by atoms with Crippen LogP contribution in [0.1, 0.15) is 5.56 Å². The third-order valence-electron chi connectivity index (χ3n) is 5.31. The van der Waals surface area contributed by atoms with Crippen LogP contribution in [0.3, 0.4) is 0 Å². The second-order valence-electron chi connectivity index (χ2n) is 7.40. The lowest BCUT2D eigenvalue weighted by Gasteiger charge is -2.37. The molecular weight excluding hydrogens is 368 g/mol. The monoisotopic (exact) mass is 390 g/mol. The molecule has 0 bridgehead atoms. The Hall–Kier alpha value is -3.55.